The first-order chi connectivity index (χ1) is 15.9. The number of nitrogens with one attached hydrogen (secondary N) is 2. The Morgan fingerprint density at radius 1 is 1.15 bits per heavy atom. The summed E-state index contributed by atoms with van der Waals surface area (Å²) in [5.41, 5.74) is -0.349. The molecule has 2 N–H and O–H groups in total. The number of halogens is 3. The molecular formula is C21H23F3N6O3S. The monoisotopic (exact) mass is 496 g/mol. The average molecular weight is 497 g/mol. The molecule has 0 aliphatic rings. The number of hydrogen-bond acceptors (Lipinski definition) is 6. The van der Waals surface area contributed by atoms with Gasteiger partial charge in [0.2, 0.25) is 15.9 Å². The van der Waals surface area contributed by atoms with Gasteiger partial charge in [-0.1, -0.05) is 0 Å². The van der Waals surface area contributed by atoms with E-state index >= 15 is 0 Å². The smallest absolute Gasteiger partial charge is 0.376 e. The largest absolute Gasteiger partial charge is 0.416 e. The Morgan fingerprint density at radius 3 is 2.38 bits per heavy atom. The molecule has 0 aliphatic heterocycles. The first-order valence-electron chi connectivity index (χ1n) is 10.1. The van der Waals surface area contributed by atoms with Crippen LogP contribution in [0.1, 0.15) is 19.4 Å². The maximum absolute atomic E-state index is 13.2. The van der Waals surface area contributed by atoms with Crippen molar-refractivity contribution in [1.29, 1.82) is 0 Å². The van der Waals surface area contributed by atoms with Crippen molar-refractivity contribution in [2.24, 2.45) is 0 Å². The van der Waals surface area contributed by atoms with Gasteiger partial charge in [-0.15, -0.1) is 0 Å². The molecule has 0 saturated carbocycles. The molecule has 0 aliphatic carbocycles. The zero-order chi connectivity index (χ0) is 25.1. The summed E-state index contributed by atoms with van der Waals surface area (Å²) in [5, 5.41) is 9.16. The van der Waals surface area contributed by atoms with Crippen LogP contribution in [-0.2, 0) is 21.0 Å². The molecule has 1 heterocycles. The Bertz CT molecular complexity index is 1240. The third-order valence-electron chi connectivity index (χ3n) is 4.98. The Balaban J connectivity index is 1.72. The lowest BCUT2D eigenvalue weighted by atomic mass is 10.1. The Kier molecular flexibility index (Phi) is 7.26. The van der Waals surface area contributed by atoms with Crippen molar-refractivity contribution in [3.05, 3.63) is 60.7 Å². The normalized spacial score (nSPS) is 12.2. The molecule has 3 aromatic rings. The van der Waals surface area contributed by atoms with Crippen LogP contribution in [0.25, 0.3) is 5.69 Å². The highest BCUT2D eigenvalue weighted by Gasteiger charge is 2.31. The van der Waals surface area contributed by atoms with Crippen molar-refractivity contribution in [2.75, 3.05) is 24.2 Å². The minimum absolute atomic E-state index is 0.0923. The molecule has 13 heteroatoms. The van der Waals surface area contributed by atoms with Gasteiger partial charge in [0.15, 0.2) is 0 Å². The van der Waals surface area contributed by atoms with Gasteiger partial charge >= 0.3 is 6.18 Å². The number of sulfonamides is 1. The fourth-order valence-corrected chi connectivity index (χ4v) is 4.28. The van der Waals surface area contributed by atoms with Crippen LogP contribution in [0.4, 0.5) is 24.5 Å². The van der Waals surface area contributed by atoms with Crippen LogP contribution >= 0.6 is 0 Å². The molecule has 0 spiro atoms. The number of carbonyl (C=O) groups excluding carboxylic acids is 1. The van der Waals surface area contributed by atoms with Crippen LogP contribution < -0.4 is 10.6 Å². The van der Waals surface area contributed by atoms with Gasteiger partial charge in [0.1, 0.15) is 12.7 Å². The maximum atomic E-state index is 13.2. The summed E-state index contributed by atoms with van der Waals surface area (Å²) in [6.07, 6.45) is -2.08. The van der Waals surface area contributed by atoms with Gasteiger partial charge in [-0.2, -0.15) is 22.6 Å². The minimum Gasteiger partial charge on any atom is -0.376 e. The number of aromatic nitrogens is 3. The fourth-order valence-electron chi connectivity index (χ4n) is 2.91. The lowest BCUT2D eigenvalue weighted by Crippen LogP contribution is -2.33. The van der Waals surface area contributed by atoms with E-state index in [2.05, 4.69) is 20.7 Å². The first-order valence-corrected chi connectivity index (χ1v) is 11.5. The highest BCUT2D eigenvalue weighted by molar-refractivity contribution is 7.89. The number of amides is 1. The molecule has 0 radical (unpaired) electrons. The molecule has 1 aromatic heterocycles. The van der Waals surface area contributed by atoms with Crippen molar-refractivity contribution in [3.63, 3.8) is 0 Å². The van der Waals surface area contributed by atoms with Gasteiger partial charge in [0.05, 0.1) is 28.4 Å². The highest BCUT2D eigenvalue weighted by atomic mass is 32.2. The van der Waals surface area contributed by atoms with Gasteiger partial charge < -0.3 is 10.6 Å². The minimum atomic E-state index is -4.59. The number of nitrogens with zero attached hydrogens (tertiary/aromatic N) is 4. The third-order valence-corrected chi connectivity index (χ3v) is 7.02. The molecule has 34 heavy (non-hydrogen) atoms. The lowest BCUT2D eigenvalue weighted by Gasteiger charge is -2.21. The van der Waals surface area contributed by atoms with E-state index in [1.54, 1.807) is 13.8 Å². The maximum Gasteiger partial charge on any atom is 0.416 e. The Morgan fingerprint density at radius 2 is 1.82 bits per heavy atom. The van der Waals surface area contributed by atoms with Crippen LogP contribution in [0.3, 0.4) is 0 Å². The summed E-state index contributed by atoms with van der Waals surface area (Å²) < 4.78 is 67.0. The van der Waals surface area contributed by atoms with E-state index in [4.69, 9.17) is 0 Å². The summed E-state index contributed by atoms with van der Waals surface area (Å²) in [6.45, 7) is 3.24. The standard InChI is InChI=1S/C21H23F3N6O3S/c1-14(2)29(3)34(32,33)17-7-5-16(6-8-17)26-11-20(31)28-18-10-15(21(22,23)24)4-9-19(18)30-13-25-12-27-30/h4-10,12-14,26H,11H2,1-3H3,(H,28,31). The highest BCUT2D eigenvalue weighted by Crippen LogP contribution is 2.33. The van der Waals surface area contributed by atoms with Crippen LogP contribution in [0.5, 0.6) is 0 Å². The first kappa shape index (κ1) is 25.2. The molecule has 3 rings (SSSR count). The van der Waals surface area contributed by atoms with E-state index in [0.29, 0.717) is 5.69 Å². The van der Waals surface area contributed by atoms with E-state index in [0.717, 1.165) is 12.1 Å². The quantitative estimate of drug-likeness (QED) is 0.495. The summed E-state index contributed by atoms with van der Waals surface area (Å²) >= 11 is 0. The van der Waals surface area contributed by atoms with E-state index < -0.39 is 27.7 Å². The summed E-state index contributed by atoms with van der Waals surface area (Å²) in [6, 6.07) is 8.49. The number of carbonyl (C=O) groups is 1. The van der Waals surface area contributed by atoms with Crippen molar-refractivity contribution in [3.8, 4) is 5.69 Å². The van der Waals surface area contributed by atoms with Gasteiger partial charge in [-0.3, -0.25) is 4.79 Å². The molecule has 182 valence electrons. The van der Waals surface area contributed by atoms with Crippen molar-refractivity contribution >= 4 is 27.3 Å². The van der Waals surface area contributed by atoms with Crippen molar-refractivity contribution < 1.29 is 26.4 Å². The molecule has 0 unspecified atom stereocenters. The Labute approximate surface area is 194 Å². The molecule has 1 amide bonds. The summed E-state index contributed by atoms with van der Waals surface area (Å²) in [4.78, 5) is 16.3. The number of benzene rings is 2. The van der Waals surface area contributed by atoms with Crippen LogP contribution in [0.15, 0.2) is 60.0 Å². The van der Waals surface area contributed by atoms with Gasteiger partial charge in [0, 0.05) is 18.8 Å². The van der Waals surface area contributed by atoms with Gasteiger partial charge in [-0.05, 0) is 56.3 Å². The number of anilines is 2. The predicted molar refractivity (Wildman–Crippen MR) is 120 cm³/mol. The van der Waals surface area contributed by atoms with E-state index in [-0.39, 0.29) is 28.9 Å². The number of hydrogen-bond donors (Lipinski definition) is 2. The van der Waals surface area contributed by atoms with Crippen LogP contribution in [0, 0.1) is 0 Å². The van der Waals surface area contributed by atoms with Crippen molar-refractivity contribution in [2.45, 2.75) is 31.0 Å². The lowest BCUT2D eigenvalue weighted by molar-refractivity contribution is -0.137. The second-order valence-electron chi connectivity index (χ2n) is 7.61. The van der Waals surface area contributed by atoms with E-state index in [1.165, 1.54) is 59.0 Å². The summed E-state index contributed by atoms with van der Waals surface area (Å²) in [7, 11) is -2.16. The zero-order valence-electron chi connectivity index (χ0n) is 18.5. The molecule has 0 saturated heterocycles. The molecular weight excluding hydrogens is 473 g/mol. The zero-order valence-corrected chi connectivity index (χ0v) is 19.4. The average Bonchev–Trinajstić information content (AvgIpc) is 3.31. The SMILES string of the molecule is CC(C)N(C)S(=O)(=O)c1ccc(NCC(=O)Nc2cc(C(F)(F)F)ccc2-n2cncn2)cc1. The van der Waals surface area contributed by atoms with Crippen molar-refractivity contribution in [1.82, 2.24) is 19.1 Å². The topological polar surface area (TPSA) is 109 Å². The molecule has 0 fully saturated rings. The molecule has 0 bridgehead atoms. The second-order valence-corrected chi connectivity index (χ2v) is 9.61. The van der Waals surface area contributed by atoms with Gasteiger partial charge in [-0.25, -0.2) is 18.1 Å². The van der Waals surface area contributed by atoms with E-state index in [9.17, 15) is 26.4 Å². The number of rotatable bonds is 8. The number of alkyl halides is 3. The second kappa shape index (κ2) is 9.81. The predicted octanol–water partition coefficient (Wildman–Crippen LogP) is 3.37. The Hall–Kier alpha value is -3.45. The van der Waals surface area contributed by atoms with E-state index in [1.807, 2.05) is 0 Å². The fraction of sp³-hybridized carbons (Fsp3) is 0.286. The third kappa shape index (κ3) is 5.72. The van der Waals surface area contributed by atoms with Crippen LogP contribution in [0.2, 0.25) is 0 Å². The molecule has 9 nitrogen and oxygen atoms in total. The molecule has 2 aromatic carbocycles. The molecule has 0 atom stereocenters. The summed E-state index contributed by atoms with van der Waals surface area (Å²) in [5.74, 6) is -0.614. The van der Waals surface area contributed by atoms with Gasteiger partial charge in [0.25, 0.3) is 0 Å². The van der Waals surface area contributed by atoms with Crippen LogP contribution in [-0.4, -0.2) is 53.0 Å².